The largest absolute Gasteiger partial charge is 0.486 e. The molecule has 0 atom stereocenters. The highest BCUT2D eigenvalue weighted by Gasteiger charge is 2.24. The molecular weight excluding hydrogens is 434 g/mol. The van der Waals surface area contributed by atoms with E-state index in [0.29, 0.717) is 18.9 Å². The third-order valence-electron chi connectivity index (χ3n) is 5.53. The molecule has 1 N–H and O–H groups in total. The van der Waals surface area contributed by atoms with Gasteiger partial charge in [0.15, 0.2) is 11.5 Å². The number of ether oxygens (including phenoxy) is 2. The summed E-state index contributed by atoms with van der Waals surface area (Å²) in [6, 6.07) is 14.0. The zero-order valence-corrected chi connectivity index (χ0v) is 17.6. The maximum absolute atomic E-state index is 12.9. The van der Waals surface area contributed by atoms with Gasteiger partial charge < -0.3 is 19.4 Å². The number of carbonyl (C=O) groups excluding carboxylic acids is 1. The van der Waals surface area contributed by atoms with Gasteiger partial charge >= 0.3 is 0 Å². The van der Waals surface area contributed by atoms with Gasteiger partial charge in [0.05, 0.1) is 0 Å². The summed E-state index contributed by atoms with van der Waals surface area (Å²) in [4.78, 5) is 20.4. The summed E-state index contributed by atoms with van der Waals surface area (Å²) in [7, 11) is 0. The molecule has 1 fully saturated rings. The van der Waals surface area contributed by atoms with Crippen molar-refractivity contribution in [3.8, 4) is 11.5 Å². The molecule has 1 aromatic heterocycles. The molecular formula is C22H22BrN3O3. The summed E-state index contributed by atoms with van der Waals surface area (Å²) in [5.74, 6) is 1.67. The summed E-state index contributed by atoms with van der Waals surface area (Å²) >= 11 is 3.65. The molecule has 7 heteroatoms. The Hall–Kier alpha value is -2.51. The molecule has 6 nitrogen and oxygen atoms in total. The van der Waals surface area contributed by atoms with E-state index in [1.54, 1.807) is 0 Å². The van der Waals surface area contributed by atoms with E-state index >= 15 is 0 Å². The average Bonchev–Trinajstić information content (AvgIpc) is 3.19. The summed E-state index contributed by atoms with van der Waals surface area (Å²) in [5.41, 5.74) is 2.83. The summed E-state index contributed by atoms with van der Waals surface area (Å²) in [5, 5.41) is 1.07. The fourth-order valence-corrected chi connectivity index (χ4v) is 4.38. The van der Waals surface area contributed by atoms with Gasteiger partial charge in [-0.25, -0.2) is 0 Å². The molecule has 0 aliphatic carbocycles. The van der Waals surface area contributed by atoms with Crippen molar-refractivity contribution in [3.05, 3.63) is 58.2 Å². The fraction of sp³-hybridized carbons (Fsp3) is 0.318. The number of fused-ring (bicyclic) bond motifs is 2. The van der Waals surface area contributed by atoms with Crippen LogP contribution in [0.25, 0.3) is 10.9 Å². The molecule has 150 valence electrons. The lowest BCUT2D eigenvalue weighted by molar-refractivity contribution is 0.0623. The molecule has 0 spiro atoms. The van der Waals surface area contributed by atoms with Crippen LogP contribution >= 0.6 is 15.9 Å². The van der Waals surface area contributed by atoms with Gasteiger partial charge in [0.2, 0.25) is 0 Å². The highest BCUT2D eigenvalue weighted by Crippen LogP contribution is 2.36. The third kappa shape index (κ3) is 3.72. The van der Waals surface area contributed by atoms with Crippen LogP contribution in [-0.2, 0) is 6.54 Å². The lowest BCUT2D eigenvalue weighted by Gasteiger charge is -2.35. The van der Waals surface area contributed by atoms with Gasteiger partial charge in [0, 0.05) is 48.1 Å². The Kier molecular flexibility index (Phi) is 4.93. The summed E-state index contributed by atoms with van der Waals surface area (Å²) < 4.78 is 12.4. The Labute approximate surface area is 177 Å². The number of rotatable bonds is 3. The molecule has 5 rings (SSSR count). The van der Waals surface area contributed by atoms with E-state index in [4.69, 9.17) is 9.47 Å². The summed E-state index contributed by atoms with van der Waals surface area (Å²) in [6.45, 7) is 5.10. The van der Waals surface area contributed by atoms with Crippen molar-refractivity contribution in [3.63, 3.8) is 0 Å². The van der Waals surface area contributed by atoms with Crippen LogP contribution in [0.15, 0.2) is 46.9 Å². The Bertz CT molecular complexity index is 1020. The van der Waals surface area contributed by atoms with Crippen molar-refractivity contribution in [2.45, 2.75) is 6.54 Å². The van der Waals surface area contributed by atoms with E-state index in [0.717, 1.165) is 59.6 Å². The maximum atomic E-state index is 12.9. The number of carbonyl (C=O) groups is 1. The fourth-order valence-electron chi connectivity index (χ4n) is 3.94. The highest BCUT2D eigenvalue weighted by atomic mass is 79.9. The lowest BCUT2D eigenvalue weighted by atomic mass is 10.1. The first-order valence-corrected chi connectivity index (χ1v) is 10.6. The lowest BCUT2D eigenvalue weighted by Crippen LogP contribution is -2.48. The third-order valence-corrected chi connectivity index (χ3v) is 6.26. The van der Waals surface area contributed by atoms with Gasteiger partial charge in [-0.2, -0.15) is 0 Å². The van der Waals surface area contributed by atoms with Gasteiger partial charge in [-0.15, -0.1) is 0 Å². The molecule has 0 radical (unpaired) electrons. The first-order valence-electron chi connectivity index (χ1n) is 9.85. The van der Waals surface area contributed by atoms with Crippen LogP contribution in [0.2, 0.25) is 0 Å². The smallest absolute Gasteiger partial charge is 0.270 e. The van der Waals surface area contributed by atoms with Gasteiger partial charge in [-0.1, -0.05) is 34.1 Å². The number of hydrogen-bond donors (Lipinski definition) is 1. The predicted molar refractivity (Wildman–Crippen MR) is 115 cm³/mol. The average molecular weight is 456 g/mol. The number of H-pyrrole nitrogens is 1. The Morgan fingerprint density at radius 1 is 1.00 bits per heavy atom. The minimum atomic E-state index is 0.0707. The van der Waals surface area contributed by atoms with Crippen molar-refractivity contribution < 1.29 is 14.3 Å². The Morgan fingerprint density at radius 2 is 1.72 bits per heavy atom. The SMILES string of the molecule is O=C(c1cc2ccccc2[nH]1)N1CCN(Cc2cc3c(cc2Br)OCCO3)CC1. The second kappa shape index (κ2) is 7.72. The molecule has 2 aromatic carbocycles. The molecule has 3 heterocycles. The zero-order chi connectivity index (χ0) is 19.8. The number of amides is 1. The molecule has 1 saturated heterocycles. The van der Waals surface area contributed by atoms with Crippen molar-refractivity contribution in [1.82, 2.24) is 14.8 Å². The van der Waals surface area contributed by atoms with Crippen molar-refractivity contribution >= 4 is 32.7 Å². The van der Waals surface area contributed by atoms with Crippen molar-refractivity contribution in [1.29, 1.82) is 0 Å². The van der Waals surface area contributed by atoms with Crippen molar-refractivity contribution in [2.24, 2.45) is 0 Å². The minimum Gasteiger partial charge on any atom is -0.486 e. The van der Waals surface area contributed by atoms with E-state index in [2.05, 4.69) is 31.9 Å². The molecule has 2 aliphatic rings. The molecule has 1 amide bonds. The number of aromatic amines is 1. The molecule has 3 aromatic rings. The summed E-state index contributed by atoms with van der Waals surface area (Å²) in [6.07, 6.45) is 0. The first-order chi connectivity index (χ1) is 14.2. The first kappa shape index (κ1) is 18.5. The number of benzene rings is 2. The van der Waals surface area contributed by atoms with Crippen LogP contribution in [0.5, 0.6) is 11.5 Å². The second-order valence-corrected chi connectivity index (χ2v) is 8.28. The molecule has 2 aliphatic heterocycles. The zero-order valence-electron chi connectivity index (χ0n) is 16.0. The van der Waals surface area contributed by atoms with Crippen LogP contribution in [0.1, 0.15) is 16.1 Å². The number of halogens is 1. The number of nitrogens with zero attached hydrogens (tertiary/aromatic N) is 2. The van der Waals surface area contributed by atoms with E-state index in [-0.39, 0.29) is 5.91 Å². The number of hydrogen-bond acceptors (Lipinski definition) is 4. The number of aromatic nitrogens is 1. The molecule has 0 saturated carbocycles. The maximum Gasteiger partial charge on any atom is 0.270 e. The molecule has 29 heavy (non-hydrogen) atoms. The second-order valence-electron chi connectivity index (χ2n) is 7.43. The van der Waals surface area contributed by atoms with Gasteiger partial charge in [-0.3, -0.25) is 9.69 Å². The normalized spacial score (nSPS) is 16.9. The van der Waals surface area contributed by atoms with Gasteiger partial charge in [-0.05, 0) is 29.8 Å². The minimum absolute atomic E-state index is 0.0707. The Morgan fingerprint density at radius 3 is 2.48 bits per heavy atom. The van der Waals surface area contributed by atoms with Crippen molar-refractivity contribution in [2.75, 3.05) is 39.4 Å². The van der Waals surface area contributed by atoms with Crippen LogP contribution in [0.3, 0.4) is 0 Å². The molecule has 0 unspecified atom stereocenters. The quantitative estimate of drug-likeness (QED) is 0.654. The van der Waals surface area contributed by atoms with E-state index in [9.17, 15) is 4.79 Å². The number of para-hydroxylation sites is 1. The van der Waals surface area contributed by atoms with Crippen LogP contribution in [0.4, 0.5) is 0 Å². The van der Waals surface area contributed by atoms with Gasteiger partial charge in [0.25, 0.3) is 5.91 Å². The van der Waals surface area contributed by atoms with Crippen LogP contribution in [-0.4, -0.2) is 60.1 Å². The topological polar surface area (TPSA) is 57.8 Å². The number of piperazine rings is 1. The van der Waals surface area contributed by atoms with Gasteiger partial charge in [0.1, 0.15) is 18.9 Å². The van der Waals surface area contributed by atoms with E-state index in [1.807, 2.05) is 41.3 Å². The monoisotopic (exact) mass is 455 g/mol. The predicted octanol–water partition coefficient (Wildman–Crippen LogP) is 3.66. The standard InChI is InChI=1S/C22H22BrN3O3/c23-17-13-21-20(28-9-10-29-21)12-16(17)14-25-5-7-26(8-6-25)22(27)19-11-15-3-1-2-4-18(15)24-19/h1-4,11-13,24H,5-10,14H2. The van der Waals surface area contributed by atoms with E-state index < -0.39 is 0 Å². The van der Waals surface area contributed by atoms with E-state index in [1.165, 1.54) is 5.56 Å². The molecule has 0 bridgehead atoms. The Balaban J connectivity index is 1.23. The van der Waals surface area contributed by atoms with Crippen LogP contribution < -0.4 is 9.47 Å². The number of nitrogens with one attached hydrogen (secondary N) is 1. The van der Waals surface area contributed by atoms with Crippen LogP contribution in [0, 0.1) is 0 Å². The highest BCUT2D eigenvalue weighted by molar-refractivity contribution is 9.10.